The Hall–Kier alpha value is -0.0400. The van der Waals surface area contributed by atoms with Crippen molar-refractivity contribution in [3.8, 4) is 0 Å². The quantitative estimate of drug-likeness (QED) is 0.784. The van der Waals surface area contributed by atoms with Gasteiger partial charge < -0.3 is 5.32 Å². The van der Waals surface area contributed by atoms with Crippen LogP contribution in [-0.2, 0) is 0 Å². The fourth-order valence-electron chi connectivity index (χ4n) is 6.56. The molecule has 19 heavy (non-hydrogen) atoms. The molecular formula is C18H31N. The molecule has 0 heterocycles. The second-order valence-corrected chi connectivity index (χ2v) is 9.28. The van der Waals surface area contributed by atoms with Gasteiger partial charge in [0.1, 0.15) is 0 Å². The Balaban J connectivity index is 1.46. The van der Waals surface area contributed by atoms with E-state index in [9.17, 15) is 0 Å². The highest BCUT2D eigenvalue weighted by atomic mass is 15.0. The maximum Gasteiger partial charge on any atom is 0.0127 e. The normalized spacial score (nSPS) is 54.8. The van der Waals surface area contributed by atoms with Crippen LogP contribution in [0.3, 0.4) is 0 Å². The molecule has 0 spiro atoms. The van der Waals surface area contributed by atoms with Gasteiger partial charge in [-0.15, -0.1) is 0 Å². The van der Waals surface area contributed by atoms with Gasteiger partial charge in [0.25, 0.3) is 0 Å². The van der Waals surface area contributed by atoms with Crippen molar-refractivity contribution in [2.45, 2.75) is 77.8 Å². The lowest BCUT2D eigenvalue weighted by molar-refractivity contribution is -0.0192. The van der Waals surface area contributed by atoms with Gasteiger partial charge in [0.05, 0.1) is 0 Å². The summed E-state index contributed by atoms with van der Waals surface area (Å²) in [6.45, 7) is 7.40. The van der Waals surface area contributed by atoms with Gasteiger partial charge in [0.15, 0.2) is 0 Å². The van der Waals surface area contributed by atoms with E-state index in [1.54, 1.807) is 32.1 Å². The topological polar surface area (TPSA) is 12.0 Å². The Kier molecular flexibility index (Phi) is 2.82. The largest absolute Gasteiger partial charge is 0.310 e. The van der Waals surface area contributed by atoms with Crippen LogP contribution < -0.4 is 5.32 Å². The average molecular weight is 261 g/mol. The highest BCUT2D eigenvalue weighted by molar-refractivity contribution is 5.03. The fourth-order valence-corrected chi connectivity index (χ4v) is 6.56. The molecule has 2 unspecified atom stereocenters. The van der Waals surface area contributed by atoms with Gasteiger partial charge in [-0.05, 0) is 80.0 Å². The molecule has 0 saturated heterocycles. The second kappa shape index (κ2) is 4.23. The Morgan fingerprint density at radius 1 is 0.842 bits per heavy atom. The van der Waals surface area contributed by atoms with Gasteiger partial charge in [-0.25, -0.2) is 0 Å². The van der Waals surface area contributed by atoms with Crippen molar-refractivity contribution < 1.29 is 0 Å². The predicted molar refractivity (Wildman–Crippen MR) is 79.9 cm³/mol. The van der Waals surface area contributed by atoms with Crippen molar-refractivity contribution in [1.29, 1.82) is 0 Å². The fraction of sp³-hybridized carbons (Fsp3) is 1.00. The molecule has 5 fully saturated rings. The Morgan fingerprint density at radius 3 is 1.89 bits per heavy atom. The molecule has 0 aromatic rings. The molecule has 0 amide bonds. The van der Waals surface area contributed by atoms with Gasteiger partial charge in [-0.1, -0.05) is 20.8 Å². The van der Waals surface area contributed by atoms with Crippen molar-refractivity contribution in [2.75, 3.05) is 0 Å². The van der Waals surface area contributed by atoms with Gasteiger partial charge in [-0.3, -0.25) is 0 Å². The second-order valence-electron chi connectivity index (χ2n) is 9.28. The van der Waals surface area contributed by atoms with Gasteiger partial charge in [0, 0.05) is 12.1 Å². The molecule has 1 nitrogen and oxygen atoms in total. The number of rotatable bonds is 2. The first-order valence-corrected chi connectivity index (χ1v) is 8.76. The van der Waals surface area contributed by atoms with E-state index in [-0.39, 0.29) is 0 Å². The molecule has 1 N–H and O–H groups in total. The highest BCUT2D eigenvalue weighted by Gasteiger charge is 2.49. The Bertz CT molecular complexity index is 331. The van der Waals surface area contributed by atoms with Gasteiger partial charge in [-0.2, -0.15) is 0 Å². The van der Waals surface area contributed by atoms with Crippen LogP contribution in [0.1, 0.15) is 65.7 Å². The zero-order valence-corrected chi connectivity index (χ0v) is 13.0. The monoisotopic (exact) mass is 261 g/mol. The minimum atomic E-state index is 0.572. The molecule has 5 rings (SSSR count). The van der Waals surface area contributed by atoms with Crippen LogP contribution in [0.25, 0.3) is 0 Å². The molecule has 5 aliphatic carbocycles. The van der Waals surface area contributed by atoms with Crippen molar-refractivity contribution in [3.05, 3.63) is 0 Å². The minimum Gasteiger partial charge on any atom is -0.310 e. The molecule has 4 bridgehead atoms. The Morgan fingerprint density at radius 2 is 1.42 bits per heavy atom. The third-order valence-electron chi connectivity index (χ3n) is 6.97. The smallest absolute Gasteiger partial charge is 0.0127 e. The summed E-state index contributed by atoms with van der Waals surface area (Å²) in [5, 5.41) is 4.17. The molecule has 5 aliphatic rings. The lowest BCUT2D eigenvalue weighted by Gasteiger charge is -2.55. The van der Waals surface area contributed by atoms with E-state index in [1.807, 2.05) is 0 Å². The molecule has 108 valence electrons. The van der Waals surface area contributed by atoms with E-state index >= 15 is 0 Å². The summed E-state index contributed by atoms with van der Waals surface area (Å²) in [5.41, 5.74) is 0.572. The van der Waals surface area contributed by atoms with E-state index in [0.29, 0.717) is 5.41 Å². The maximum absolute atomic E-state index is 4.17. The summed E-state index contributed by atoms with van der Waals surface area (Å²) >= 11 is 0. The summed E-state index contributed by atoms with van der Waals surface area (Å²) in [4.78, 5) is 0. The van der Waals surface area contributed by atoms with E-state index in [4.69, 9.17) is 0 Å². The highest BCUT2D eigenvalue weighted by Crippen LogP contribution is 2.54. The standard InChI is InChI=1S/C18H31N/c1-11-9-18(2,3)10-16(11)19-17-14-5-12-4-13(7-14)8-15(17)6-12/h11-17,19H,4-10H2,1-3H3. The van der Waals surface area contributed by atoms with E-state index in [2.05, 4.69) is 26.1 Å². The van der Waals surface area contributed by atoms with Crippen LogP contribution in [-0.4, -0.2) is 12.1 Å². The van der Waals surface area contributed by atoms with Crippen molar-refractivity contribution in [1.82, 2.24) is 5.32 Å². The van der Waals surface area contributed by atoms with Crippen LogP contribution in [0, 0.1) is 35.0 Å². The number of nitrogens with one attached hydrogen (secondary N) is 1. The molecular weight excluding hydrogens is 230 g/mol. The molecule has 5 saturated carbocycles. The van der Waals surface area contributed by atoms with Crippen LogP contribution in [0.2, 0.25) is 0 Å². The molecule has 2 atom stereocenters. The number of hydrogen-bond acceptors (Lipinski definition) is 1. The SMILES string of the molecule is CC1CC(C)(C)CC1NC1C2CC3CC(C2)CC1C3. The molecule has 1 heteroatoms. The Labute approximate surface area is 118 Å². The summed E-state index contributed by atoms with van der Waals surface area (Å²) < 4.78 is 0. The summed E-state index contributed by atoms with van der Waals surface area (Å²) in [5.74, 6) is 5.17. The van der Waals surface area contributed by atoms with Crippen LogP contribution in [0.4, 0.5) is 0 Å². The third kappa shape index (κ3) is 2.17. The average Bonchev–Trinajstić information content (AvgIpc) is 2.56. The van der Waals surface area contributed by atoms with E-state index in [0.717, 1.165) is 41.7 Å². The summed E-state index contributed by atoms with van der Waals surface area (Å²) in [7, 11) is 0. The zero-order chi connectivity index (χ0) is 13.2. The van der Waals surface area contributed by atoms with Gasteiger partial charge in [0.2, 0.25) is 0 Å². The van der Waals surface area contributed by atoms with Crippen molar-refractivity contribution in [2.24, 2.45) is 35.0 Å². The predicted octanol–water partition coefficient (Wildman–Crippen LogP) is 4.23. The summed E-state index contributed by atoms with van der Waals surface area (Å²) in [6, 6.07) is 1.69. The maximum atomic E-state index is 4.17. The minimum absolute atomic E-state index is 0.572. The first-order chi connectivity index (χ1) is 9.00. The lowest BCUT2D eigenvalue weighted by Crippen LogP contribution is -2.57. The van der Waals surface area contributed by atoms with Crippen LogP contribution in [0.5, 0.6) is 0 Å². The molecule has 0 radical (unpaired) electrons. The summed E-state index contributed by atoms with van der Waals surface area (Å²) in [6.07, 6.45) is 10.6. The van der Waals surface area contributed by atoms with Crippen LogP contribution in [0.15, 0.2) is 0 Å². The zero-order valence-electron chi connectivity index (χ0n) is 13.0. The van der Waals surface area contributed by atoms with E-state index in [1.165, 1.54) is 12.8 Å². The number of hydrogen-bond donors (Lipinski definition) is 1. The molecule has 0 aromatic heterocycles. The van der Waals surface area contributed by atoms with Crippen molar-refractivity contribution >= 4 is 0 Å². The third-order valence-corrected chi connectivity index (χ3v) is 6.97. The van der Waals surface area contributed by atoms with Crippen molar-refractivity contribution in [3.63, 3.8) is 0 Å². The first-order valence-electron chi connectivity index (χ1n) is 8.76. The van der Waals surface area contributed by atoms with Gasteiger partial charge >= 0.3 is 0 Å². The first kappa shape index (κ1) is 12.7. The molecule has 0 aromatic carbocycles. The van der Waals surface area contributed by atoms with Crippen LogP contribution >= 0.6 is 0 Å². The van der Waals surface area contributed by atoms with E-state index < -0.39 is 0 Å². The lowest BCUT2D eigenvalue weighted by atomic mass is 9.54. The molecule has 0 aliphatic heterocycles.